The molecule has 0 radical (unpaired) electrons. The summed E-state index contributed by atoms with van der Waals surface area (Å²) >= 11 is 0. The number of aliphatic hydroxyl groups excluding tert-OH is 1. The van der Waals surface area contributed by atoms with Crippen molar-refractivity contribution >= 4 is 0 Å². The molecule has 3 heteroatoms. The van der Waals surface area contributed by atoms with Gasteiger partial charge in [-0.1, -0.05) is 31.2 Å². The van der Waals surface area contributed by atoms with E-state index in [9.17, 15) is 5.11 Å². The second kappa shape index (κ2) is 6.90. The lowest BCUT2D eigenvalue weighted by Crippen LogP contribution is -2.06. The van der Waals surface area contributed by atoms with Gasteiger partial charge in [-0.15, -0.1) is 0 Å². The second-order valence-corrected chi connectivity index (χ2v) is 4.38. The first-order chi connectivity index (χ1) is 9.31. The number of ether oxygens (including phenoxy) is 1. The molecule has 1 aromatic heterocycles. The summed E-state index contributed by atoms with van der Waals surface area (Å²) in [6, 6.07) is 13.5. The first kappa shape index (κ1) is 13.6. The van der Waals surface area contributed by atoms with Crippen LogP contribution < -0.4 is 4.74 Å². The van der Waals surface area contributed by atoms with Crippen LogP contribution in [0.15, 0.2) is 48.7 Å². The Bertz CT molecular complexity index is 499. The Hall–Kier alpha value is -1.87. The summed E-state index contributed by atoms with van der Waals surface area (Å²) in [5.74, 6) is 0.757. The fourth-order valence-corrected chi connectivity index (χ4v) is 1.92. The third kappa shape index (κ3) is 3.80. The van der Waals surface area contributed by atoms with Crippen LogP contribution >= 0.6 is 0 Å². The monoisotopic (exact) mass is 257 g/mol. The topological polar surface area (TPSA) is 42.4 Å². The van der Waals surface area contributed by atoms with E-state index >= 15 is 0 Å². The molecule has 2 rings (SSSR count). The van der Waals surface area contributed by atoms with Gasteiger partial charge in [-0.2, -0.15) is 0 Å². The van der Waals surface area contributed by atoms with Gasteiger partial charge >= 0.3 is 0 Å². The summed E-state index contributed by atoms with van der Waals surface area (Å²) in [4.78, 5) is 4.25. The van der Waals surface area contributed by atoms with Gasteiger partial charge in [0.05, 0.1) is 12.7 Å². The molecule has 2 aromatic rings. The molecule has 0 fully saturated rings. The summed E-state index contributed by atoms with van der Waals surface area (Å²) < 4.78 is 5.76. The molecule has 0 bridgehead atoms. The van der Waals surface area contributed by atoms with Gasteiger partial charge in [0, 0.05) is 23.9 Å². The molecule has 0 aliphatic heterocycles. The van der Waals surface area contributed by atoms with Gasteiger partial charge in [0.1, 0.15) is 5.75 Å². The predicted molar refractivity (Wildman–Crippen MR) is 75.1 cm³/mol. The zero-order chi connectivity index (χ0) is 13.5. The number of hydrogen-bond donors (Lipinski definition) is 1. The van der Waals surface area contributed by atoms with E-state index in [1.807, 2.05) is 49.4 Å². The van der Waals surface area contributed by atoms with Crippen LogP contribution in [0.2, 0.25) is 0 Å². The Morgan fingerprint density at radius 2 is 1.95 bits per heavy atom. The maximum absolute atomic E-state index is 9.93. The first-order valence-corrected chi connectivity index (χ1v) is 6.61. The van der Waals surface area contributed by atoms with Crippen LogP contribution in [-0.2, 0) is 6.42 Å². The van der Waals surface area contributed by atoms with E-state index in [-0.39, 0.29) is 0 Å². The highest BCUT2D eigenvalue weighted by Crippen LogP contribution is 2.26. The van der Waals surface area contributed by atoms with Crippen LogP contribution in [0, 0.1) is 0 Å². The zero-order valence-electron chi connectivity index (χ0n) is 11.1. The lowest BCUT2D eigenvalue weighted by Gasteiger charge is -2.14. The Balaban J connectivity index is 1.96. The molecule has 3 nitrogen and oxygen atoms in total. The van der Waals surface area contributed by atoms with Crippen molar-refractivity contribution < 1.29 is 9.84 Å². The van der Waals surface area contributed by atoms with Crippen LogP contribution in [0.25, 0.3) is 0 Å². The SMILES string of the molecule is CC[C@@H](O)c1ccccc1OCCc1ccccn1. The quantitative estimate of drug-likeness (QED) is 0.864. The highest BCUT2D eigenvalue weighted by atomic mass is 16.5. The second-order valence-electron chi connectivity index (χ2n) is 4.38. The van der Waals surface area contributed by atoms with Crippen molar-refractivity contribution in [2.75, 3.05) is 6.61 Å². The normalized spacial score (nSPS) is 12.1. The summed E-state index contributed by atoms with van der Waals surface area (Å²) in [5.41, 5.74) is 1.86. The third-order valence-corrected chi connectivity index (χ3v) is 3.01. The molecule has 100 valence electrons. The van der Waals surface area contributed by atoms with Gasteiger partial charge < -0.3 is 9.84 Å². The number of pyridine rings is 1. The van der Waals surface area contributed by atoms with Crippen molar-refractivity contribution in [1.82, 2.24) is 4.98 Å². The number of rotatable bonds is 6. The lowest BCUT2D eigenvalue weighted by atomic mass is 10.1. The molecular formula is C16H19NO2. The maximum atomic E-state index is 9.93. The number of hydrogen-bond acceptors (Lipinski definition) is 3. The minimum atomic E-state index is -0.467. The molecule has 0 unspecified atom stereocenters. The number of aromatic nitrogens is 1. The molecule has 0 aliphatic carbocycles. The van der Waals surface area contributed by atoms with Crippen molar-refractivity contribution in [2.45, 2.75) is 25.9 Å². The van der Waals surface area contributed by atoms with Crippen molar-refractivity contribution in [2.24, 2.45) is 0 Å². The van der Waals surface area contributed by atoms with E-state index in [0.29, 0.717) is 13.0 Å². The Labute approximate surface area is 113 Å². The molecule has 1 N–H and O–H groups in total. The smallest absolute Gasteiger partial charge is 0.125 e. The van der Waals surface area contributed by atoms with E-state index < -0.39 is 6.10 Å². The molecule has 0 saturated heterocycles. The van der Waals surface area contributed by atoms with Crippen LogP contribution in [0.1, 0.15) is 30.7 Å². The Kier molecular flexibility index (Phi) is 4.93. The van der Waals surface area contributed by atoms with Crippen LogP contribution in [0.4, 0.5) is 0 Å². The minimum Gasteiger partial charge on any atom is -0.493 e. The highest BCUT2D eigenvalue weighted by Gasteiger charge is 2.10. The zero-order valence-corrected chi connectivity index (χ0v) is 11.1. The largest absolute Gasteiger partial charge is 0.493 e. The van der Waals surface area contributed by atoms with Crippen LogP contribution in [0.5, 0.6) is 5.75 Å². The number of aliphatic hydroxyl groups is 1. The fourth-order valence-electron chi connectivity index (χ4n) is 1.92. The van der Waals surface area contributed by atoms with Crippen molar-refractivity contribution in [3.05, 3.63) is 59.9 Å². The summed E-state index contributed by atoms with van der Waals surface area (Å²) in [5, 5.41) is 9.93. The summed E-state index contributed by atoms with van der Waals surface area (Å²) in [6.07, 6.45) is 2.76. The molecule has 1 atom stereocenters. The number of para-hydroxylation sites is 1. The van der Waals surface area contributed by atoms with E-state index in [1.165, 1.54) is 0 Å². The van der Waals surface area contributed by atoms with Crippen LogP contribution in [0.3, 0.4) is 0 Å². The van der Waals surface area contributed by atoms with E-state index in [4.69, 9.17) is 4.74 Å². The van der Waals surface area contributed by atoms with Gasteiger partial charge in [0.2, 0.25) is 0 Å². The average Bonchev–Trinajstić information content (AvgIpc) is 2.48. The molecule has 0 spiro atoms. The van der Waals surface area contributed by atoms with Crippen molar-refractivity contribution in [1.29, 1.82) is 0 Å². The standard InChI is InChI=1S/C16H19NO2/c1-2-15(18)14-8-3-4-9-16(14)19-12-10-13-7-5-6-11-17-13/h3-9,11,15,18H,2,10,12H2,1H3/t15-/m1/s1. The number of benzene rings is 1. The summed E-state index contributed by atoms with van der Waals surface area (Å²) in [7, 11) is 0. The molecular weight excluding hydrogens is 238 g/mol. The molecule has 0 saturated carbocycles. The first-order valence-electron chi connectivity index (χ1n) is 6.61. The Morgan fingerprint density at radius 3 is 2.68 bits per heavy atom. The van der Waals surface area contributed by atoms with Crippen molar-refractivity contribution in [3.8, 4) is 5.75 Å². The molecule has 0 amide bonds. The van der Waals surface area contributed by atoms with Gasteiger partial charge in [-0.05, 0) is 24.6 Å². The van der Waals surface area contributed by atoms with Gasteiger partial charge in [-0.25, -0.2) is 0 Å². The van der Waals surface area contributed by atoms with E-state index in [2.05, 4.69) is 4.98 Å². The van der Waals surface area contributed by atoms with Gasteiger partial charge in [0.25, 0.3) is 0 Å². The number of nitrogens with zero attached hydrogens (tertiary/aromatic N) is 1. The van der Waals surface area contributed by atoms with Crippen molar-refractivity contribution in [3.63, 3.8) is 0 Å². The lowest BCUT2D eigenvalue weighted by molar-refractivity contribution is 0.167. The highest BCUT2D eigenvalue weighted by molar-refractivity contribution is 5.35. The Morgan fingerprint density at radius 1 is 1.16 bits per heavy atom. The van der Waals surface area contributed by atoms with E-state index in [0.717, 1.165) is 23.4 Å². The maximum Gasteiger partial charge on any atom is 0.125 e. The van der Waals surface area contributed by atoms with Crippen LogP contribution in [-0.4, -0.2) is 16.7 Å². The van der Waals surface area contributed by atoms with Gasteiger partial charge in [0.15, 0.2) is 0 Å². The molecule has 0 aliphatic rings. The molecule has 1 heterocycles. The van der Waals surface area contributed by atoms with Gasteiger partial charge in [-0.3, -0.25) is 4.98 Å². The fraction of sp³-hybridized carbons (Fsp3) is 0.312. The third-order valence-electron chi connectivity index (χ3n) is 3.01. The minimum absolute atomic E-state index is 0.467. The predicted octanol–water partition coefficient (Wildman–Crippen LogP) is 3.15. The van der Waals surface area contributed by atoms with E-state index in [1.54, 1.807) is 6.20 Å². The summed E-state index contributed by atoms with van der Waals surface area (Å²) in [6.45, 7) is 2.51. The molecule has 19 heavy (non-hydrogen) atoms. The molecule has 1 aromatic carbocycles. The average molecular weight is 257 g/mol.